The molecule has 2 heteroatoms. The summed E-state index contributed by atoms with van der Waals surface area (Å²) in [4.78, 5) is 2.60. The molecule has 2 atom stereocenters. The van der Waals surface area contributed by atoms with Crippen molar-refractivity contribution in [3.05, 3.63) is 11.6 Å². The van der Waals surface area contributed by atoms with Crippen molar-refractivity contribution < 1.29 is 0 Å². The number of nitrogens with one attached hydrogen (secondary N) is 1. The lowest BCUT2D eigenvalue weighted by Crippen LogP contribution is -2.47. The van der Waals surface area contributed by atoms with Crippen LogP contribution in [0.25, 0.3) is 0 Å². The molecular weight excluding hydrogens is 244 g/mol. The summed E-state index contributed by atoms with van der Waals surface area (Å²) in [7, 11) is 0. The smallest absolute Gasteiger partial charge is 0.0165 e. The normalized spacial score (nSPS) is 29.9. The molecule has 0 aromatic rings. The van der Waals surface area contributed by atoms with Gasteiger partial charge in [0.1, 0.15) is 0 Å². The lowest BCUT2D eigenvalue weighted by Gasteiger charge is -2.35. The van der Waals surface area contributed by atoms with E-state index in [1.165, 1.54) is 63.6 Å². The van der Waals surface area contributed by atoms with Crippen molar-refractivity contribution in [3.63, 3.8) is 0 Å². The van der Waals surface area contributed by atoms with Gasteiger partial charge in [0, 0.05) is 18.6 Å². The number of allylic oxidation sites excluding steroid dienone is 1. The average Bonchev–Trinajstić information content (AvgIpc) is 2.63. The van der Waals surface area contributed by atoms with Gasteiger partial charge in [0.2, 0.25) is 0 Å². The topological polar surface area (TPSA) is 15.3 Å². The van der Waals surface area contributed by atoms with Gasteiger partial charge in [-0.25, -0.2) is 0 Å². The monoisotopic (exact) mass is 278 g/mol. The molecule has 2 unspecified atom stereocenters. The van der Waals surface area contributed by atoms with Gasteiger partial charge in [0.25, 0.3) is 0 Å². The van der Waals surface area contributed by atoms with Crippen molar-refractivity contribution in [2.75, 3.05) is 19.6 Å². The van der Waals surface area contributed by atoms with Gasteiger partial charge in [0.15, 0.2) is 0 Å². The second-order valence-corrected chi connectivity index (χ2v) is 7.24. The number of hydrogen-bond acceptors (Lipinski definition) is 2. The Hall–Kier alpha value is -0.340. The van der Waals surface area contributed by atoms with E-state index in [1.807, 2.05) is 0 Å². The maximum atomic E-state index is 3.99. The first-order chi connectivity index (χ1) is 9.65. The number of piperidine rings is 1. The van der Waals surface area contributed by atoms with E-state index in [4.69, 9.17) is 0 Å². The summed E-state index contributed by atoms with van der Waals surface area (Å²) in [5.74, 6) is 0.876. The number of likely N-dealkylation sites (tertiary alicyclic amines) is 1. The van der Waals surface area contributed by atoms with Crippen LogP contribution < -0.4 is 5.32 Å². The quantitative estimate of drug-likeness (QED) is 0.618. The predicted molar refractivity (Wildman–Crippen MR) is 88.1 cm³/mol. The number of hydrogen-bond donors (Lipinski definition) is 1. The lowest BCUT2D eigenvalue weighted by molar-refractivity contribution is 0.194. The van der Waals surface area contributed by atoms with Crippen molar-refractivity contribution >= 4 is 0 Å². The Bertz CT molecular complexity index is 299. The van der Waals surface area contributed by atoms with Crippen LogP contribution >= 0.6 is 0 Å². The van der Waals surface area contributed by atoms with Crippen LogP contribution in [-0.2, 0) is 0 Å². The molecule has 1 heterocycles. The molecule has 1 aliphatic carbocycles. The van der Waals surface area contributed by atoms with Crippen LogP contribution in [0.1, 0.15) is 65.7 Å². The van der Waals surface area contributed by atoms with Gasteiger partial charge in [-0.2, -0.15) is 0 Å². The Kier molecular flexibility index (Phi) is 6.57. The van der Waals surface area contributed by atoms with Crippen LogP contribution in [-0.4, -0.2) is 36.6 Å². The molecule has 1 saturated heterocycles. The molecule has 0 amide bonds. The Morgan fingerprint density at radius 2 is 1.75 bits per heavy atom. The fourth-order valence-corrected chi connectivity index (χ4v) is 3.64. The summed E-state index contributed by atoms with van der Waals surface area (Å²) < 4.78 is 0. The predicted octanol–water partition coefficient (Wildman–Crippen LogP) is 3.98. The van der Waals surface area contributed by atoms with Crippen LogP contribution in [0.4, 0.5) is 0 Å². The van der Waals surface area contributed by atoms with Gasteiger partial charge < -0.3 is 5.32 Å². The van der Waals surface area contributed by atoms with Gasteiger partial charge in [-0.15, -0.1) is 0 Å². The van der Waals surface area contributed by atoms with Crippen molar-refractivity contribution in [1.82, 2.24) is 10.2 Å². The van der Waals surface area contributed by atoms with E-state index in [1.54, 1.807) is 0 Å². The van der Waals surface area contributed by atoms with Crippen LogP contribution in [0.15, 0.2) is 11.6 Å². The first-order valence-corrected chi connectivity index (χ1v) is 8.77. The maximum absolute atomic E-state index is 3.99. The highest BCUT2D eigenvalue weighted by atomic mass is 15.1. The second kappa shape index (κ2) is 8.19. The molecule has 1 saturated carbocycles. The molecule has 0 bridgehead atoms. The van der Waals surface area contributed by atoms with E-state index in [9.17, 15) is 0 Å². The van der Waals surface area contributed by atoms with Crippen LogP contribution in [0.3, 0.4) is 0 Å². The first kappa shape index (κ1) is 16.0. The minimum absolute atomic E-state index is 0.767. The Labute approximate surface area is 126 Å². The molecule has 20 heavy (non-hydrogen) atoms. The highest BCUT2D eigenvalue weighted by Gasteiger charge is 2.25. The standard InChI is InChI=1S/C18H34N2/c1-15(2)9-12-20-13-10-17(11-14-20)19-18-8-6-4-5-7-16(18)3/h9,16-19H,4-8,10-14H2,1-3H3. The third-order valence-electron chi connectivity index (χ3n) is 5.16. The highest BCUT2D eigenvalue weighted by molar-refractivity contribution is 4.96. The maximum Gasteiger partial charge on any atom is 0.0165 e. The first-order valence-electron chi connectivity index (χ1n) is 8.77. The fraction of sp³-hybridized carbons (Fsp3) is 0.889. The second-order valence-electron chi connectivity index (χ2n) is 7.24. The fourth-order valence-electron chi connectivity index (χ4n) is 3.64. The van der Waals surface area contributed by atoms with Crippen LogP contribution in [0, 0.1) is 5.92 Å². The van der Waals surface area contributed by atoms with E-state index in [-0.39, 0.29) is 0 Å². The van der Waals surface area contributed by atoms with Crippen molar-refractivity contribution in [2.45, 2.75) is 77.8 Å². The van der Waals surface area contributed by atoms with E-state index in [0.29, 0.717) is 0 Å². The molecule has 2 rings (SSSR count). The van der Waals surface area contributed by atoms with E-state index in [0.717, 1.165) is 24.5 Å². The minimum Gasteiger partial charge on any atom is -0.311 e. The number of nitrogens with zero attached hydrogens (tertiary/aromatic N) is 1. The summed E-state index contributed by atoms with van der Waals surface area (Å²) in [5.41, 5.74) is 1.44. The molecule has 116 valence electrons. The Morgan fingerprint density at radius 3 is 2.45 bits per heavy atom. The third kappa shape index (κ3) is 5.21. The zero-order valence-corrected chi connectivity index (χ0v) is 13.8. The van der Waals surface area contributed by atoms with Gasteiger partial charge >= 0.3 is 0 Å². The molecule has 0 aromatic heterocycles. The van der Waals surface area contributed by atoms with Gasteiger partial charge in [-0.05, 0) is 58.5 Å². The van der Waals surface area contributed by atoms with Gasteiger partial charge in [-0.3, -0.25) is 4.90 Å². The number of rotatable bonds is 4. The summed E-state index contributed by atoms with van der Waals surface area (Å²) >= 11 is 0. The lowest BCUT2D eigenvalue weighted by atomic mass is 9.94. The minimum atomic E-state index is 0.767. The van der Waals surface area contributed by atoms with Crippen molar-refractivity contribution in [3.8, 4) is 0 Å². The third-order valence-corrected chi connectivity index (χ3v) is 5.16. The molecule has 2 fully saturated rings. The zero-order chi connectivity index (χ0) is 14.4. The van der Waals surface area contributed by atoms with E-state index in [2.05, 4.69) is 37.1 Å². The summed E-state index contributed by atoms with van der Waals surface area (Å²) in [6.07, 6.45) is 12.2. The zero-order valence-electron chi connectivity index (χ0n) is 13.8. The molecule has 0 radical (unpaired) electrons. The largest absolute Gasteiger partial charge is 0.311 e. The summed E-state index contributed by atoms with van der Waals surface area (Å²) in [5, 5.41) is 3.99. The van der Waals surface area contributed by atoms with E-state index < -0.39 is 0 Å². The van der Waals surface area contributed by atoms with Crippen LogP contribution in [0.2, 0.25) is 0 Å². The SMILES string of the molecule is CC(C)=CCN1CCC(NC2CCCCCC2C)CC1. The Morgan fingerprint density at radius 1 is 1.05 bits per heavy atom. The molecule has 2 aliphatic rings. The molecule has 1 N–H and O–H groups in total. The summed E-state index contributed by atoms with van der Waals surface area (Å²) in [6.45, 7) is 10.5. The molecule has 0 aromatic carbocycles. The van der Waals surface area contributed by atoms with Crippen molar-refractivity contribution in [2.24, 2.45) is 5.92 Å². The summed E-state index contributed by atoms with van der Waals surface area (Å²) in [6, 6.07) is 1.55. The molecule has 0 spiro atoms. The molecule has 1 aliphatic heterocycles. The van der Waals surface area contributed by atoms with E-state index >= 15 is 0 Å². The molecule has 2 nitrogen and oxygen atoms in total. The van der Waals surface area contributed by atoms with Gasteiger partial charge in [-0.1, -0.05) is 37.8 Å². The highest BCUT2D eigenvalue weighted by Crippen LogP contribution is 2.24. The Balaban J connectivity index is 1.72. The van der Waals surface area contributed by atoms with Crippen LogP contribution in [0.5, 0.6) is 0 Å². The average molecular weight is 278 g/mol. The van der Waals surface area contributed by atoms with Crippen molar-refractivity contribution in [1.29, 1.82) is 0 Å². The van der Waals surface area contributed by atoms with Gasteiger partial charge in [0.05, 0.1) is 0 Å². The molecular formula is C18H34N2.